The van der Waals surface area contributed by atoms with Crippen molar-refractivity contribution < 1.29 is 9.53 Å². The van der Waals surface area contributed by atoms with Gasteiger partial charge in [-0.05, 0) is 54.3 Å². The number of pyridine rings is 1. The minimum atomic E-state index is -0.202. The summed E-state index contributed by atoms with van der Waals surface area (Å²) in [7, 11) is 1.59. The number of rotatable bonds is 4. The third-order valence-electron chi connectivity index (χ3n) is 5.07. The van der Waals surface area contributed by atoms with E-state index in [0.29, 0.717) is 17.0 Å². The summed E-state index contributed by atoms with van der Waals surface area (Å²) in [5, 5.41) is 2.91. The summed E-state index contributed by atoms with van der Waals surface area (Å²) >= 11 is 0. The highest BCUT2D eigenvalue weighted by Crippen LogP contribution is 2.26. The van der Waals surface area contributed by atoms with E-state index in [0.717, 1.165) is 30.9 Å². The highest BCUT2D eigenvalue weighted by molar-refractivity contribution is 6.05. The second kappa shape index (κ2) is 7.72. The van der Waals surface area contributed by atoms with Crippen LogP contribution in [0, 0.1) is 6.92 Å². The second-order valence-corrected chi connectivity index (χ2v) is 7.00. The monoisotopic (exact) mass is 373 g/mol. The first kappa shape index (κ1) is 18.0. The van der Waals surface area contributed by atoms with E-state index in [1.165, 1.54) is 11.1 Å². The molecule has 0 aliphatic carbocycles. The van der Waals surface area contributed by atoms with Crippen molar-refractivity contribution in [2.75, 3.05) is 23.9 Å². The fourth-order valence-electron chi connectivity index (χ4n) is 3.51. The predicted molar refractivity (Wildman–Crippen MR) is 111 cm³/mol. The molecule has 0 saturated heterocycles. The molecule has 1 N–H and O–H groups in total. The first-order valence-electron chi connectivity index (χ1n) is 9.38. The number of hydrogen-bond acceptors (Lipinski definition) is 4. The molecule has 0 spiro atoms. The summed E-state index contributed by atoms with van der Waals surface area (Å²) < 4.78 is 5.33. The zero-order chi connectivity index (χ0) is 19.5. The van der Waals surface area contributed by atoms with Crippen molar-refractivity contribution in [1.82, 2.24) is 4.98 Å². The van der Waals surface area contributed by atoms with Gasteiger partial charge in [-0.15, -0.1) is 0 Å². The molecule has 5 nitrogen and oxygen atoms in total. The molecule has 28 heavy (non-hydrogen) atoms. The molecule has 142 valence electrons. The van der Waals surface area contributed by atoms with Crippen LogP contribution in [0.3, 0.4) is 0 Å². The van der Waals surface area contributed by atoms with Crippen molar-refractivity contribution in [3.8, 4) is 5.75 Å². The highest BCUT2D eigenvalue weighted by Gasteiger charge is 2.17. The van der Waals surface area contributed by atoms with Crippen LogP contribution in [-0.2, 0) is 13.0 Å². The van der Waals surface area contributed by atoms with Gasteiger partial charge in [-0.1, -0.05) is 30.3 Å². The molecule has 1 aromatic heterocycles. The summed E-state index contributed by atoms with van der Waals surface area (Å²) in [6.07, 6.45) is 2.64. The van der Waals surface area contributed by atoms with Crippen LogP contribution in [0.1, 0.15) is 27.0 Å². The number of benzene rings is 2. The summed E-state index contributed by atoms with van der Waals surface area (Å²) in [6.45, 7) is 3.74. The number of hydrogen-bond donors (Lipinski definition) is 1. The fraction of sp³-hybridized carbons (Fsp3) is 0.217. The second-order valence-electron chi connectivity index (χ2n) is 7.00. The van der Waals surface area contributed by atoms with Gasteiger partial charge in [0.1, 0.15) is 11.6 Å². The van der Waals surface area contributed by atoms with Gasteiger partial charge in [0.15, 0.2) is 0 Å². The van der Waals surface area contributed by atoms with Crippen LogP contribution in [0.2, 0.25) is 0 Å². The topological polar surface area (TPSA) is 54.5 Å². The Morgan fingerprint density at radius 1 is 1.11 bits per heavy atom. The predicted octanol–water partition coefficient (Wildman–Crippen LogP) is 4.21. The van der Waals surface area contributed by atoms with Crippen LogP contribution in [0.25, 0.3) is 0 Å². The van der Waals surface area contributed by atoms with Crippen LogP contribution in [0.5, 0.6) is 5.75 Å². The first-order chi connectivity index (χ1) is 13.6. The summed E-state index contributed by atoms with van der Waals surface area (Å²) in [4.78, 5) is 19.4. The quantitative estimate of drug-likeness (QED) is 0.744. The smallest absolute Gasteiger partial charge is 0.257 e. The van der Waals surface area contributed by atoms with Gasteiger partial charge in [0.25, 0.3) is 5.91 Å². The lowest BCUT2D eigenvalue weighted by Crippen LogP contribution is -2.31. The Hall–Kier alpha value is -3.34. The number of aryl methyl sites for hydroxylation is 1. The number of methoxy groups -OCH3 is 1. The molecule has 2 aromatic carbocycles. The van der Waals surface area contributed by atoms with E-state index in [-0.39, 0.29) is 5.91 Å². The number of nitrogens with one attached hydrogen (secondary N) is 1. The molecule has 0 unspecified atom stereocenters. The summed E-state index contributed by atoms with van der Waals surface area (Å²) in [5.41, 5.74) is 4.97. The fourth-order valence-corrected chi connectivity index (χ4v) is 3.51. The maximum absolute atomic E-state index is 12.6. The molecule has 0 fully saturated rings. The third-order valence-corrected chi connectivity index (χ3v) is 5.07. The van der Waals surface area contributed by atoms with E-state index in [2.05, 4.69) is 39.5 Å². The number of carbonyl (C=O) groups excluding carboxylic acids is 1. The SMILES string of the molecule is COc1ccc(C)cc1NC(=O)c1ccc(N2CCc3ccccc3C2)nc1. The Bertz CT molecular complexity index is 999. The molecule has 0 saturated carbocycles. The summed E-state index contributed by atoms with van der Waals surface area (Å²) in [5.74, 6) is 1.32. The Balaban J connectivity index is 1.48. The molecule has 3 aromatic rings. The van der Waals surface area contributed by atoms with E-state index in [4.69, 9.17) is 4.74 Å². The molecule has 1 aliphatic rings. The number of amides is 1. The zero-order valence-electron chi connectivity index (χ0n) is 16.1. The van der Waals surface area contributed by atoms with Gasteiger partial charge in [-0.25, -0.2) is 4.98 Å². The standard InChI is InChI=1S/C23H23N3O2/c1-16-7-9-21(28-2)20(13-16)25-23(27)18-8-10-22(24-14-18)26-12-11-17-5-3-4-6-19(17)15-26/h3-10,13-14H,11-12,15H2,1-2H3,(H,25,27). The van der Waals surface area contributed by atoms with Gasteiger partial charge in [-0.2, -0.15) is 0 Å². The highest BCUT2D eigenvalue weighted by atomic mass is 16.5. The molecule has 0 radical (unpaired) electrons. The number of anilines is 2. The first-order valence-corrected chi connectivity index (χ1v) is 9.38. The number of nitrogens with zero attached hydrogens (tertiary/aromatic N) is 2. The zero-order valence-corrected chi connectivity index (χ0v) is 16.1. The molecule has 4 rings (SSSR count). The van der Waals surface area contributed by atoms with E-state index >= 15 is 0 Å². The molecular formula is C23H23N3O2. The Labute approximate surface area is 165 Å². The Morgan fingerprint density at radius 2 is 1.93 bits per heavy atom. The Kier molecular flexibility index (Phi) is 4.98. The van der Waals surface area contributed by atoms with Crippen molar-refractivity contribution in [1.29, 1.82) is 0 Å². The van der Waals surface area contributed by atoms with Gasteiger partial charge in [0.2, 0.25) is 0 Å². The van der Waals surface area contributed by atoms with Crippen LogP contribution in [0.15, 0.2) is 60.8 Å². The molecule has 5 heteroatoms. The van der Waals surface area contributed by atoms with Crippen molar-refractivity contribution >= 4 is 17.4 Å². The molecule has 0 atom stereocenters. The number of aromatic nitrogens is 1. The lowest BCUT2D eigenvalue weighted by Gasteiger charge is -2.29. The number of ether oxygens (including phenoxy) is 1. The summed E-state index contributed by atoms with van der Waals surface area (Å²) in [6, 6.07) is 17.9. The van der Waals surface area contributed by atoms with E-state index in [1.807, 2.05) is 37.3 Å². The lowest BCUT2D eigenvalue weighted by molar-refractivity contribution is 0.102. The van der Waals surface area contributed by atoms with Gasteiger partial charge in [0, 0.05) is 19.3 Å². The van der Waals surface area contributed by atoms with Crippen molar-refractivity contribution in [3.05, 3.63) is 83.0 Å². The van der Waals surface area contributed by atoms with Crippen LogP contribution in [-0.4, -0.2) is 24.5 Å². The molecule has 1 aliphatic heterocycles. The van der Waals surface area contributed by atoms with E-state index < -0.39 is 0 Å². The maximum atomic E-state index is 12.6. The van der Waals surface area contributed by atoms with Gasteiger partial charge in [-0.3, -0.25) is 4.79 Å². The van der Waals surface area contributed by atoms with Crippen LogP contribution >= 0.6 is 0 Å². The van der Waals surface area contributed by atoms with Crippen LogP contribution < -0.4 is 15.0 Å². The number of fused-ring (bicyclic) bond motifs is 1. The normalized spacial score (nSPS) is 13.0. The minimum absolute atomic E-state index is 0.202. The average molecular weight is 373 g/mol. The van der Waals surface area contributed by atoms with Crippen LogP contribution in [0.4, 0.5) is 11.5 Å². The molecule has 0 bridgehead atoms. The average Bonchev–Trinajstić information content (AvgIpc) is 2.73. The van der Waals surface area contributed by atoms with Crippen molar-refractivity contribution in [2.45, 2.75) is 19.9 Å². The van der Waals surface area contributed by atoms with E-state index in [1.54, 1.807) is 13.3 Å². The number of carbonyl (C=O) groups is 1. The van der Waals surface area contributed by atoms with Gasteiger partial charge < -0.3 is 15.0 Å². The van der Waals surface area contributed by atoms with Crippen molar-refractivity contribution in [2.24, 2.45) is 0 Å². The van der Waals surface area contributed by atoms with Gasteiger partial charge >= 0.3 is 0 Å². The van der Waals surface area contributed by atoms with Gasteiger partial charge in [0.05, 0.1) is 18.4 Å². The minimum Gasteiger partial charge on any atom is -0.495 e. The molecular weight excluding hydrogens is 350 g/mol. The van der Waals surface area contributed by atoms with Crippen molar-refractivity contribution in [3.63, 3.8) is 0 Å². The maximum Gasteiger partial charge on any atom is 0.257 e. The van der Waals surface area contributed by atoms with E-state index in [9.17, 15) is 4.79 Å². The third kappa shape index (κ3) is 3.69. The molecule has 2 heterocycles. The largest absolute Gasteiger partial charge is 0.495 e. The lowest BCUT2D eigenvalue weighted by atomic mass is 10.00. The Morgan fingerprint density at radius 3 is 2.68 bits per heavy atom. The molecule has 1 amide bonds.